The monoisotopic (exact) mass is 183 g/mol. The van der Waals surface area contributed by atoms with Crippen LogP contribution in [0.5, 0.6) is 0 Å². The minimum Gasteiger partial charge on any atom is -0.377 e. The molecule has 0 amide bonds. The molecule has 0 aromatic heterocycles. The van der Waals surface area contributed by atoms with Gasteiger partial charge in [-0.25, -0.2) is 0 Å². The highest BCUT2D eigenvalue weighted by Crippen LogP contribution is 2.04. The van der Waals surface area contributed by atoms with Crippen LogP contribution >= 0.6 is 0 Å². The van der Waals surface area contributed by atoms with Gasteiger partial charge in [0, 0.05) is 6.54 Å². The molecule has 0 saturated heterocycles. The van der Waals surface area contributed by atoms with Gasteiger partial charge in [-0.05, 0) is 30.9 Å². The minimum atomic E-state index is 0.795. The zero-order valence-corrected chi connectivity index (χ0v) is 8.81. The maximum atomic E-state index is 5.35. The van der Waals surface area contributed by atoms with E-state index >= 15 is 0 Å². The van der Waals surface area contributed by atoms with Gasteiger partial charge < -0.3 is 10.1 Å². The van der Waals surface area contributed by atoms with Crippen LogP contribution in [0.3, 0.4) is 0 Å². The minimum absolute atomic E-state index is 0.795. The molecule has 0 bridgehead atoms. The molecule has 1 aliphatic rings. The second kappa shape index (κ2) is 6.17. The highest BCUT2D eigenvalue weighted by Gasteiger charge is 2.02. The lowest BCUT2D eigenvalue weighted by Crippen LogP contribution is -2.23. The van der Waals surface area contributed by atoms with Gasteiger partial charge in [-0.3, -0.25) is 0 Å². The van der Waals surface area contributed by atoms with Crippen LogP contribution in [0.15, 0.2) is 11.6 Å². The summed E-state index contributed by atoms with van der Waals surface area (Å²) in [4.78, 5) is 0. The first-order chi connectivity index (χ1) is 6.29. The Bertz CT molecular complexity index is 163. The third-order valence-corrected chi connectivity index (χ3v) is 2.23. The van der Waals surface area contributed by atoms with E-state index in [4.69, 9.17) is 4.74 Å². The predicted octanol–water partition coefficient (Wildman–Crippen LogP) is 1.97. The molecule has 0 fully saturated rings. The van der Waals surface area contributed by atoms with Gasteiger partial charge in [-0.1, -0.05) is 19.9 Å². The summed E-state index contributed by atoms with van der Waals surface area (Å²) in [6.45, 7) is 8.36. The topological polar surface area (TPSA) is 21.3 Å². The molecule has 0 aliphatic carbocycles. The Labute approximate surface area is 81.4 Å². The molecule has 0 unspecified atom stereocenters. The predicted molar refractivity (Wildman–Crippen MR) is 55.8 cm³/mol. The second-order valence-electron chi connectivity index (χ2n) is 4.06. The standard InChI is InChI=1S/C11H21NO/c1-10(2)5-6-12-8-11-4-3-7-13-9-11/h4,10,12H,3,5-9H2,1-2H3. The summed E-state index contributed by atoms with van der Waals surface area (Å²) in [5.41, 5.74) is 1.41. The molecule has 0 radical (unpaired) electrons. The zero-order chi connectivity index (χ0) is 9.52. The number of hydrogen-bond donors (Lipinski definition) is 1. The summed E-state index contributed by atoms with van der Waals surface area (Å²) in [6.07, 6.45) is 4.64. The lowest BCUT2D eigenvalue weighted by Gasteiger charge is -2.14. The summed E-state index contributed by atoms with van der Waals surface area (Å²) in [6, 6.07) is 0. The van der Waals surface area contributed by atoms with E-state index in [9.17, 15) is 0 Å². The van der Waals surface area contributed by atoms with Crippen molar-refractivity contribution in [3.8, 4) is 0 Å². The Balaban J connectivity index is 2.01. The Morgan fingerprint density at radius 3 is 3.00 bits per heavy atom. The van der Waals surface area contributed by atoms with Crippen molar-refractivity contribution >= 4 is 0 Å². The molecule has 0 aromatic carbocycles. The van der Waals surface area contributed by atoms with Crippen molar-refractivity contribution in [2.75, 3.05) is 26.3 Å². The fourth-order valence-corrected chi connectivity index (χ4v) is 1.37. The van der Waals surface area contributed by atoms with Crippen LogP contribution in [-0.2, 0) is 4.74 Å². The first-order valence-electron chi connectivity index (χ1n) is 5.25. The summed E-state index contributed by atoms with van der Waals surface area (Å²) < 4.78 is 5.35. The molecular formula is C11H21NO. The van der Waals surface area contributed by atoms with Crippen LogP contribution in [-0.4, -0.2) is 26.3 Å². The molecule has 1 aliphatic heterocycles. The number of hydrogen-bond acceptors (Lipinski definition) is 2. The van der Waals surface area contributed by atoms with Crippen molar-refractivity contribution in [1.82, 2.24) is 5.32 Å². The number of ether oxygens (including phenoxy) is 1. The maximum absolute atomic E-state index is 5.35. The van der Waals surface area contributed by atoms with Crippen LogP contribution in [0.25, 0.3) is 0 Å². The normalized spacial score (nSPS) is 17.6. The van der Waals surface area contributed by atoms with Gasteiger partial charge in [0.25, 0.3) is 0 Å². The van der Waals surface area contributed by atoms with Crippen LogP contribution in [0.4, 0.5) is 0 Å². The van der Waals surface area contributed by atoms with Gasteiger partial charge in [0.2, 0.25) is 0 Å². The molecule has 0 aromatic rings. The van der Waals surface area contributed by atoms with E-state index in [-0.39, 0.29) is 0 Å². The smallest absolute Gasteiger partial charge is 0.0689 e. The molecule has 13 heavy (non-hydrogen) atoms. The Kier molecular flexibility index (Phi) is 5.09. The maximum Gasteiger partial charge on any atom is 0.0689 e. The van der Waals surface area contributed by atoms with Gasteiger partial charge in [0.05, 0.1) is 13.2 Å². The molecule has 1 N–H and O–H groups in total. The van der Waals surface area contributed by atoms with E-state index in [1.165, 1.54) is 12.0 Å². The highest BCUT2D eigenvalue weighted by atomic mass is 16.5. The molecule has 2 nitrogen and oxygen atoms in total. The molecule has 76 valence electrons. The van der Waals surface area contributed by atoms with Crippen molar-refractivity contribution < 1.29 is 4.74 Å². The molecule has 0 spiro atoms. The SMILES string of the molecule is CC(C)CCNCC1=CCCOC1. The Hall–Kier alpha value is -0.340. The van der Waals surface area contributed by atoms with Crippen LogP contribution in [0, 0.1) is 5.92 Å². The van der Waals surface area contributed by atoms with E-state index in [2.05, 4.69) is 25.2 Å². The molecular weight excluding hydrogens is 162 g/mol. The largest absolute Gasteiger partial charge is 0.377 e. The van der Waals surface area contributed by atoms with E-state index in [1.54, 1.807) is 0 Å². The van der Waals surface area contributed by atoms with Gasteiger partial charge in [-0.15, -0.1) is 0 Å². The fourth-order valence-electron chi connectivity index (χ4n) is 1.37. The third kappa shape index (κ3) is 5.06. The Morgan fingerprint density at radius 1 is 1.54 bits per heavy atom. The van der Waals surface area contributed by atoms with E-state index in [0.717, 1.165) is 38.6 Å². The third-order valence-electron chi connectivity index (χ3n) is 2.23. The van der Waals surface area contributed by atoms with Crippen molar-refractivity contribution in [1.29, 1.82) is 0 Å². The molecule has 0 saturated carbocycles. The average Bonchev–Trinajstić information content (AvgIpc) is 2.14. The molecule has 2 heteroatoms. The zero-order valence-electron chi connectivity index (χ0n) is 8.81. The van der Waals surface area contributed by atoms with Crippen LogP contribution < -0.4 is 5.32 Å². The average molecular weight is 183 g/mol. The first kappa shape index (κ1) is 10.7. The summed E-state index contributed by atoms with van der Waals surface area (Å²) in [7, 11) is 0. The second-order valence-corrected chi connectivity index (χ2v) is 4.06. The molecule has 0 atom stereocenters. The van der Waals surface area contributed by atoms with Crippen molar-refractivity contribution in [3.05, 3.63) is 11.6 Å². The fraction of sp³-hybridized carbons (Fsp3) is 0.818. The van der Waals surface area contributed by atoms with E-state index < -0.39 is 0 Å². The lowest BCUT2D eigenvalue weighted by atomic mass is 10.1. The Morgan fingerprint density at radius 2 is 2.38 bits per heavy atom. The summed E-state index contributed by atoms with van der Waals surface area (Å²) in [5, 5.41) is 3.44. The van der Waals surface area contributed by atoms with Crippen LogP contribution in [0.2, 0.25) is 0 Å². The van der Waals surface area contributed by atoms with E-state index in [0.29, 0.717) is 0 Å². The first-order valence-corrected chi connectivity index (χ1v) is 5.25. The van der Waals surface area contributed by atoms with Crippen LogP contribution in [0.1, 0.15) is 26.7 Å². The van der Waals surface area contributed by atoms with Gasteiger partial charge in [0.15, 0.2) is 0 Å². The van der Waals surface area contributed by atoms with Crippen molar-refractivity contribution in [2.45, 2.75) is 26.7 Å². The van der Waals surface area contributed by atoms with Gasteiger partial charge >= 0.3 is 0 Å². The van der Waals surface area contributed by atoms with Crippen molar-refractivity contribution in [2.24, 2.45) is 5.92 Å². The highest BCUT2D eigenvalue weighted by molar-refractivity contribution is 5.06. The lowest BCUT2D eigenvalue weighted by molar-refractivity contribution is 0.149. The van der Waals surface area contributed by atoms with Gasteiger partial charge in [0.1, 0.15) is 0 Å². The molecule has 1 heterocycles. The number of nitrogens with one attached hydrogen (secondary N) is 1. The molecule has 1 rings (SSSR count). The van der Waals surface area contributed by atoms with Gasteiger partial charge in [-0.2, -0.15) is 0 Å². The quantitative estimate of drug-likeness (QED) is 0.520. The van der Waals surface area contributed by atoms with Crippen molar-refractivity contribution in [3.63, 3.8) is 0 Å². The summed E-state index contributed by atoms with van der Waals surface area (Å²) in [5.74, 6) is 0.795. The van der Waals surface area contributed by atoms with E-state index in [1.807, 2.05) is 0 Å². The summed E-state index contributed by atoms with van der Waals surface area (Å²) >= 11 is 0. The number of rotatable bonds is 5.